The summed E-state index contributed by atoms with van der Waals surface area (Å²) in [6.45, 7) is 3.10. The molecule has 0 saturated carbocycles. The molecule has 0 radical (unpaired) electrons. The van der Waals surface area contributed by atoms with Crippen LogP contribution in [0.5, 0.6) is 0 Å². The molecule has 3 rings (SSSR count). The average Bonchev–Trinajstić information content (AvgIpc) is 3.00. The molecule has 1 N–H and O–H groups in total. The minimum Gasteiger partial charge on any atom is -0.455 e. The molecule has 0 bridgehead atoms. The number of halogens is 1. The third kappa shape index (κ3) is 4.38. The van der Waals surface area contributed by atoms with Gasteiger partial charge < -0.3 is 14.6 Å². The summed E-state index contributed by atoms with van der Waals surface area (Å²) >= 11 is 0. The highest BCUT2D eigenvalue weighted by atomic mass is 19.1. The predicted molar refractivity (Wildman–Crippen MR) is 96.5 cm³/mol. The first-order valence-corrected chi connectivity index (χ1v) is 8.20. The van der Waals surface area contributed by atoms with E-state index in [1.54, 1.807) is 37.3 Å². The van der Waals surface area contributed by atoms with E-state index in [0.717, 1.165) is 0 Å². The van der Waals surface area contributed by atoms with E-state index in [1.807, 2.05) is 0 Å². The van der Waals surface area contributed by atoms with Crippen molar-refractivity contribution in [3.63, 3.8) is 0 Å². The molecule has 0 saturated heterocycles. The molecular formula is C20H17FN2O4. The van der Waals surface area contributed by atoms with Gasteiger partial charge in [0.2, 0.25) is 5.91 Å². The molecule has 0 aliphatic heterocycles. The SMILES string of the molecule is CC(=O)Nc1cccc(C(=O)OCc2noc(-c3ccc(F)cc3)c2C)c1. The zero-order valence-corrected chi connectivity index (χ0v) is 14.8. The van der Waals surface area contributed by atoms with Crippen molar-refractivity contribution in [1.82, 2.24) is 5.16 Å². The van der Waals surface area contributed by atoms with Gasteiger partial charge in [0.05, 0.1) is 5.56 Å². The lowest BCUT2D eigenvalue weighted by atomic mass is 10.1. The van der Waals surface area contributed by atoms with Crippen LogP contribution in [0.1, 0.15) is 28.5 Å². The average molecular weight is 368 g/mol. The maximum atomic E-state index is 13.1. The van der Waals surface area contributed by atoms with Crippen LogP contribution in [0.3, 0.4) is 0 Å². The molecule has 0 fully saturated rings. The summed E-state index contributed by atoms with van der Waals surface area (Å²) in [5.74, 6) is -0.625. The van der Waals surface area contributed by atoms with Gasteiger partial charge in [-0.1, -0.05) is 11.2 Å². The van der Waals surface area contributed by atoms with E-state index >= 15 is 0 Å². The number of esters is 1. The number of benzene rings is 2. The summed E-state index contributed by atoms with van der Waals surface area (Å²) in [6.07, 6.45) is 0. The second-order valence-corrected chi connectivity index (χ2v) is 5.93. The standard InChI is InChI=1S/C20H17FN2O4/c1-12-18(23-27-19(12)14-6-8-16(21)9-7-14)11-26-20(25)15-4-3-5-17(10-15)22-13(2)24/h3-10H,11H2,1-2H3,(H,22,24). The highest BCUT2D eigenvalue weighted by molar-refractivity contribution is 5.93. The van der Waals surface area contributed by atoms with Crippen molar-refractivity contribution in [2.24, 2.45) is 0 Å². The van der Waals surface area contributed by atoms with Crippen LogP contribution < -0.4 is 5.32 Å². The fourth-order valence-corrected chi connectivity index (χ4v) is 2.52. The van der Waals surface area contributed by atoms with Gasteiger partial charge in [-0.05, 0) is 49.4 Å². The molecule has 0 spiro atoms. The molecule has 7 heteroatoms. The maximum Gasteiger partial charge on any atom is 0.338 e. The van der Waals surface area contributed by atoms with Crippen LogP contribution in [0, 0.1) is 12.7 Å². The summed E-state index contributed by atoms with van der Waals surface area (Å²) in [4.78, 5) is 23.4. The summed E-state index contributed by atoms with van der Waals surface area (Å²) in [5.41, 5.74) is 2.68. The minimum atomic E-state index is -0.548. The number of carbonyl (C=O) groups excluding carboxylic acids is 2. The molecule has 0 atom stereocenters. The smallest absolute Gasteiger partial charge is 0.338 e. The number of rotatable bonds is 5. The van der Waals surface area contributed by atoms with Crippen LogP contribution in [0.25, 0.3) is 11.3 Å². The Morgan fingerprint density at radius 1 is 1.19 bits per heavy atom. The Kier molecular flexibility index (Phi) is 5.30. The number of ether oxygens (including phenoxy) is 1. The van der Waals surface area contributed by atoms with Crippen molar-refractivity contribution in [2.75, 3.05) is 5.32 Å². The number of hydrogen-bond acceptors (Lipinski definition) is 5. The van der Waals surface area contributed by atoms with Crippen LogP contribution in [0.2, 0.25) is 0 Å². The van der Waals surface area contributed by atoms with Gasteiger partial charge in [0.1, 0.15) is 18.1 Å². The molecule has 1 aromatic heterocycles. The molecule has 138 valence electrons. The molecular weight excluding hydrogens is 351 g/mol. The topological polar surface area (TPSA) is 81.4 Å². The molecule has 2 aromatic carbocycles. The molecule has 0 aliphatic rings. The van der Waals surface area contributed by atoms with E-state index in [1.165, 1.54) is 25.1 Å². The van der Waals surface area contributed by atoms with Gasteiger partial charge in [0, 0.05) is 23.7 Å². The van der Waals surface area contributed by atoms with Crippen LogP contribution >= 0.6 is 0 Å². The van der Waals surface area contributed by atoms with E-state index in [9.17, 15) is 14.0 Å². The fraction of sp³-hybridized carbons (Fsp3) is 0.150. The van der Waals surface area contributed by atoms with Crippen molar-refractivity contribution in [2.45, 2.75) is 20.5 Å². The van der Waals surface area contributed by atoms with Gasteiger partial charge in [-0.2, -0.15) is 0 Å². The van der Waals surface area contributed by atoms with Gasteiger partial charge in [0.25, 0.3) is 0 Å². The number of amides is 1. The Labute approximate surface area is 154 Å². The summed E-state index contributed by atoms with van der Waals surface area (Å²) in [6, 6.07) is 12.3. The second kappa shape index (κ2) is 7.82. The lowest BCUT2D eigenvalue weighted by Crippen LogP contribution is -2.09. The largest absolute Gasteiger partial charge is 0.455 e. The van der Waals surface area contributed by atoms with Crippen molar-refractivity contribution < 1.29 is 23.2 Å². The van der Waals surface area contributed by atoms with Gasteiger partial charge in [-0.3, -0.25) is 4.79 Å². The number of nitrogens with zero attached hydrogens (tertiary/aromatic N) is 1. The summed E-state index contributed by atoms with van der Waals surface area (Å²) in [5, 5.41) is 6.54. The van der Waals surface area contributed by atoms with E-state index < -0.39 is 5.97 Å². The predicted octanol–water partition coefficient (Wildman–Crippen LogP) is 4.10. The summed E-state index contributed by atoms with van der Waals surface area (Å²) < 4.78 is 23.7. The van der Waals surface area contributed by atoms with Crippen molar-refractivity contribution >= 4 is 17.6 Å². The molecule has 1 amide bonds. The quantitative estimate of drug-likeness (QED) is 0.686. The Bertz CT molecular complexity index is 980. The number of hydrogen-bond donors (Lipinski definition) is 1. The Balaban J connectivity index is 1.69. The van der Waals surface area contributed by atoms with E-state index in [4.69, 9.17) is 9.26 Å². The van der Waals surface area contributed by atoms with E-state index in [0.29, 0.717) is 33.8 Å². The Morgan fingerprint density at radius 3 is 2.63 bits per heavy atom. The zero-order chi connectivity index (χ0) is 19.4. The van der Waals surface area contributed by atoms with Crippen molar-refractivity contribution in [3.8, 4) is 11.3 Å². The molecule has 27 heavy (non-hydrogen) atoms. The van der Waals surface area contributed by atoms with Crippen LogP contribution in [-0.2, 0) is 16.1 Å². The second-order valence-electron chi connectivity index (χ2n) is 5.93. The van der Waals surface area contributed by atoms with Crippen molar-refractivity contribution in [3.05, 3.63) is 71.2 Å². The normalized spacial score (nSPS) is 10.5. The first-order chi connectivity index (χ1) is 12.9. The highest BCUT2D eigenvalue weighted by Crippen LogP contribution is 2.26. The lowest BCUT2D eigenvalue weighted by Gasteiger charge is -2.06. The zero-order valence-electron chi connectivity index (χ0n) is 14.8. The molecule has 6 nitrogen and oxygen atoms in total. The van der Waals surface area contributed by atoms with Gasteiger partial charge in [0.15, 0.2) is 5.76 Å². The molecule has 1 heterocycles. The molecule has 0 aliphatic carbocycles. The fourth-order valence-electron chi connectivity index (χ4n) is 2.52. The van der Waals surface area contributed by atoms with Gasteiger partial charge in [-0.25, -0.2) is 9.18 Å². The van der Waals surface area contributed by atoms with Gasteiger partial charge in [-0.15, -0.1) is 0 Å². The number of carbonyl (C=O) groups is 2. The number of aromatic nitrogens is 1. The lowest BCUT2D eigenvalue weighted by molar-refractivity contribution is -0.114. The minimum absolute atomic E-state index is 0.0697. The monoisotopic (exact) mass is 368 g/mol. The third-order valence-electron chi connectivity index (χ3n) is 3.89. The van der Waals surface area contributed by atoms with E-state index in [-0.39, 0.29) is 18.3 Å². The van der Waals surface area contributed by atoms with Crippen LogP contribution in [-0.4, -0.2) is 17.0 Å². The van der Waals surface area contributed by atoms with Gasteiger partial charge >= 0.3 is 5.97 Å². The van der Waals surface area contributed by atoms with Crippen molar-refractivity contribution in [1.29, 1.82) is 0 Å². The first kappa shape index (κ1) is 18.3. The van der Waals surface area contributed by atoms with Crippen LogP contribution in [0.4, 0.5) is 10.1 Å². The third-order valence-corrected chi connectivity index (χ3v) is 3.89. The number of anilines is 1. The highest BCUT2D eigenvalue weighted by Gasteiger charge is 2.16. The molecule has 3 aromatic rings. The maximum absolute atomic E-state index is 13.1. The van der Waals surface area contributed by atoms with Crippen LogP contribution in [0.15, 0.2) is 53.1 Å². The first-order valence-electron chi connectivity index (χ1n) is 8.20. The molecule has 0 unspecified atom stereocenters. The van der Waals surface area contributed by atoms with E-state index in [2.05, 4.69) is 10.5 Å². The number of nitrogens with one attached hydrogen (secondary N) is 1. The Morgan fingerprint density at radius 2 is 1.93 bits per heavy atom. The summed E-state index contributed by atoms with van der Waals surface area (Å²) in [7, 11) is 0. The Hall–Kier alpha value is -3.48.